The molecule has 2 bridgehead atoms. The van der Waals surface area contributed by atoms with Gasteiger partial charge in [-0.2, -0.15) is 31.6 Å². The lowest BCUT2D eigenvalue weighted by molar-refractivity contribution is -0.145. The largest absolute Gasteiger partial charge is 0.534 e. The van der Waals surface area contributed by atoms with Crippen LogP contribution in [0.25, 0.3) is 32.9 Å². The van der Waals surface area contributed by atoms with Crippen LogP contribution in [0.1, 0.15) is 87.6 Å². The number of benzene rings is 2. The van der Waals surface area contributed by atoms with Gasteiger partial charge in [0.15, 0.2) is 12.4 Å². The Morgan fingerprint density at radius 1 is 0.968 bits per heavy atom. The molecule has 2 atom stereocenters. The number of halogens is 4. The number of hydrogen-bond acceptors (Lipinski definition) is 12. The highest BCUT2D eigenvalue weighted by atomic mass is 32.2. The van der Waals surface area contributed by atoms with Crippen LogP contribution in [0.4, 0.5) is 28.2 Å². The average molecular weight is 916 g/mol. The van der Waals surface area contributed by atoms with Crippen LogP contribution in [0.5, 0.6) is 11.8 Å². The highest BCUT2D eigenvalue weighted by molar-refractivity contribution is 7.88. The van der Waals surface area contributed by atoms with Crippen molar-refractivity contribution >= 4 is 57.7 Å². The Kier molecular flexibility index (Phi) is 13.3. The zero-order chi connectivity index (χ0) is 46.4. The molecule has 0 saturated carbocycles. The molecule has 0 N–H and O–H groups in total. The van der Waals surface area contributed by atoms with Gasteiger partial charge in [-0.3, -0.25) is 9.88 Å². The summed E-state index contributed by atoms with van der Waals surface area (Å²) < 4.78 is 104. The van der Waals surface area contributed by atoms with Crippen LogP contribution in [-0.4, -0.2) is 97.9 Å². The van der Waals surface area contributed by atoms with Gasteiger partial charge in [0.1, 0.15) is 36.5 Å². The van der Waals surface area contributed by atoms with Gasteiger partial charge in [0, 0.05) is 35.8 Å². The highest BCUT2D eigenvalue weighted by Gasteiger charge is 2.49. The summed E-state index contributed by atoms with van der Waals surface area (Å²) in [5, 5.41) is 0.622. The predicted molar refractivity (Wildman–Crippen MR) is 233 cm³/mol. The van der Waals surface area contributed by atoms with Crippen molar-refractivity contribution in [1.82, 2.24) is 19.9 Å². The molecule has 2 fully saturated rings. The number of amides is 1. The van der Waals surface area contributed by atoms with Gasteiger partial charge < -0.3 is 23.3 Å². The Bertz CT molecular complexity index is 2560. The molecule has 6 rings (SSSR count). The van der Waals surface area contributed by atoms with Gasteiger partial charge in [-0.15, -0.1) is 5.54 Å². The first-order valence-corrected chi connectivity index (χ1v) is 24.5. The second-order valence-electron chi connectivity index (χ2n) is 17.8. The van der Waals surface area contributed by atoms with Crippen LogP contribution in [0.3, 0.4) is 0 Å². The van der Waals surface area contributed by atoms with E-state index in [-0.39, 0.29) is 87.5 Å². The molecule has 19 heteroatoms. The highest BCUT2D eigenvalue weighted by Crippen LogP contribution is 2.43. The van der Waals surface area contributed by atoms with E-state index in [0.29, 0.717) is 18.4 Å². The molecule has 0 unspecified atom stereocenters. The molecule has 4 heterocycles. The number of alkyl halides is 3. The number of nitrogens with zero attached hydrogens (tertiary/aromatic N) is 5. The number of carbonyl (C=O) groups is 2. The molecule has 63 heavy (non-hydrogen) atoms. The zero-order valence-corrected chi connectivity index (χ0v) is 38.8. The minimum Gasteiger partial charge on any atom is -0.463 e. The van der Waals surface area contributed by atoms with Crippen LogP contribution >= 0.6 is 0 Å². The number of fused-ring (bicyclic) bond motifs is 4. The first-order chi connectivity index (χ1) is 29.4. The number of hydrogen-bond donors (Lipinski definition) is 0. The Morgan fingerprint density at radius 3 is 2.17 bits per heavy atom. The number of anilines is 1. The van der Waals surface area contributed by atoms with E-state index >= 15 is 4.39 Å². The smallest absolute Gasteiger partial charge is 0.463 e. The maximum Gasteiger partial charge on any atom is 0.534 e. The maximum atomic E-state index is 17.5. The standard InChI is InChI=1S/C44H53F4N5O8SSi/c1-11-58-35(54)24-59-41-50-39-34(40(51-41)52-22-30-15-16-31(23-52)53(30)42(55)60-43(8,9)10)21-49-38(37(39)45)33-20-32(61-62(56,57)44(46,47)48)19-29-14-12-13-28(36(29)33)17-18-63(25(2)3,26(4)5)27(6)7/h12-14,19-21,25-27,30-31H,11,15-16,22-24H2,1-10H3/t30-,31+. The second-order valence-corrected chi connectivity index (χ2v) is 24.9. The van der Waals surface area contributed by atoms with Crippen LogP contribution in [0.15, 0.2) is 36.5 Å². The fourth-order valence-electron chi connectivity index (χ4n) is 9.05. The molecule has 0 spiro atoms. The number of rotatable bonds is 11. The zero-order valence-electron chi connectivity index (χ0n) is 37.0. The molecule has 13 nitrogen and oxygen atoms in total. The lowest BCUT2D eigenvalue weighted by Gasteiger charge is -2.42. The SMILES string of the molecule is CCOC(=O)COc1nc(N2C[C@H]3CC[C@@H](C2)N3C(=O)OC(C)(C)C)c2cnc(-c3cc(OS(=O)(=O)C(F)(F)F)cc4cccc(C#C[Si](C(C)C)(C(C)C)C(C)C)c34)c(F)c2n1. The Balaban J connectivity index is 1.57. The molecule has 2 aromatic carbocycles. The normalized spacial score (nSPS) is 17.1. The van der Waals surface area contributed by atoms with Crippen molar-refractivity contribution in [2.75, 3.05) is 31.2 Å². The van der Waals surface area contributed by atoms with E-state index in [2.05, 4.69) is 72.1 Å². The van der Waals surface area contributed by atoms with Crippen molar-refractivity contribution in [3.05, 3.63) is 47.9 Å². The van der Waals surface area contributed by atoms with Crippen molar-refractivity contribution < 1.29 is 54.0 Å². The van der Waals surface area contributed by atoms with E-state index in [1.54, 1.807) is 44.7 Å². The first-order valence-electron chi connectivity index (χ1n) is 20.9. The molecule has 2 aliphatic heterocycles. The summed E-state index contributed by atoms with van der Waals surface area (Å²) in [6.07, 6.45) is 2.20. The quantitative estimate of drug-likeness (QED) is 0.0352. The Hall–Kier alpha value is -5.22. The first kappa shape index (κ1) is 47.3. The van der Waals surface area contributed by atoms with Crippen molar-refractivity contribution in [3.63, 3.8) is 0 Å². The summed E-state index contributed by atoms with van der Waals surface area (Å²) in [4.78, 5) is 42.7. The van der Waals surface area contributed by atoms with E-state index < -0.39 is 65.2 Å². The van der Waals surface area contributed by atoms with E-state index in [1.807, 2.05) is 4.90 Å². The molecular formula is C44H53F4N5O8SSi. The third kappa shape index (κ3) is 9.52. The summed E-state index contributed by atoms with van der Waals surface area (Å²) in [7, 11) is -8.50. The number of esters is 1. The summed E-state index contributed by atoms with van der Waals surface area (Å²) in [6, 6.07) is 6.01. The molecule has 2 aromatic heterocycles. The molecule has 2 aliphatic rings. The number of piperazine rings is 1. The molecule has 1 amide bonds. The van der Waals surface area contributed by atoms with Gasteiger partial charge in [-0.05, 0) is 80.7 Å². The van der Waals surface area contributed by atoms with Gasteiger partial charge in [0.25, 0.3) is 0 Å². The summed E-state index contributed by atoms with van der Waals surface area (Å²) in [5.74, 6) is 1.03. The van der Waals surface area contributed by atoms with Gasteiger partial charge in [-0.25, -0.2) is 14.0 Å². The average Bonchev–Trinajstić information content (AvgIpc) is 3.44. The summed E-state index contributed by atoms with van der Waals surface area (Å²) in [6.45, 7) is 19.8. The number of aromatic nitrogens is 3. The fourth-order valence-corrected chi connectivity index (χ4v) is 14.7. The predicted octanol–water partition coefficient (Wildman–Crippen LogP) is 9.31. The number of ether oxygens (including phenoxy) is 3. The summed E-state index contributed by atoms with van der Waals surface area (Å²) in [5.41, 5.74) is -2.53. The second kappa shape index (κ2) is 17.7. The minimum absolute atomic E-state index is 0.0728. The lowest BCUT2D eigenvalue weighted by atomic mass is 9.96. The van der Waals surface area contributed by atoms with E-state index in [0.717, 1.165) is 12.1 Å². The lowest BCUT2D eigenvalue weighted by Crippen LogP contribution is -2.57. The van der Waals surface area contributed by atoms with Crippen molar-refractivity contribution in [2.24, 2.45) is 0 Å². The van der Waals surface area contributed by atoms with Gasteiger partial charge >= 0.3 is 33.7 Å². The van der Waals surface area contributed by atoms with Crippen molar-refractivity contribution in [1.29, 1.82) is 0 Å². The third-order valence-electron chi connectivity index (χ3n) is 11.6. The van der Waals surface area contributed by atoms with E-state index in [9.17, 15) is 31.2 Å². The number of carbonyl (C=O) groups excluding carboxylic acids is 2. The minimum atomic E-state index is -6.14. The van der Waals surface area contributed by atoms with E-state index in [1.165, 1.54) is 12.3 Å². The summed E-state index contributed by atoms with van der Waals surface area (Å²) >= 11 is 0. The molecule has 0 aliphatic carbocycles. The van der Waals surface area contributed by atoms with E-state index in [4.69, 9.17) is 14.2 Å². The van der Waals surface area contributed by atoms with Crippen LogP contribution in [-0.2, 0) is 24.4 Å². The third-order valence-corrected chi connectivity index (χ3v) is 18.9. The van der Waals surface area contributed by atoms with Crippen LogP contribution in [0.2, 0.25) is 16.6 Å². The van der Waals surface area contributed by atoms with Gasteiger partial charge in [0.05, 0.1) is 24.1 Å². The molecular weight excluding hydrogens is 863 g/mol. The van der Waals surface area contributed by atoms with Crippen LogP contribution in [0, 0.1) is 17.3 Å². The van der Waals surface area contributed by atoms with Crippen molar-refractivity contribution in [2.45, 2.75) is 122 Å². The molecule has 340 valence electrons. The maximum absolute atomic E-state index is 17.5. The Morgan fingerprint density at radius 2 is 1.60 bits per heavy atom. The number of pyridine rings is 1. The molecule has 2 saturated heterocycles. The Labute approximate surface area is 366 Å². The molecule has 4 aromatic rings. The molecule has 0 radical (unpaired) electrons. The van der Waals surface area contributed by atoms with Gasteiger partial charge in [-0.1, -0.05) is 59.6 Å². The fraction of sp³-hybridized carbons (Fsp3) is 0.523. The van der Waals surface area contributed by atoms with Crippen molar-refractivity contribution in [3.8, 4) is 34.5 Å². The topological polar surface area (TPSA) is 150 Å². The van der Waals surface area contributed by atoms with Crippen LogP contribution < -0.4 is 13.8 Å². The monoisotopic (exact) mass is 915 g/mol. The van der Waals surface area contributed by atoms with Gasteiger partial charge in [0.2, 0.25) is 0 Å².